The summed E-state index contributed by atoms with van der Waals surface area (Å²) in [5, 5.41) is 13.8. The molecule has 3 N–H and O–H groups in total. The number of carboxylic acids is 1. The molecule has 17 heavy (non-hydrogen) atoms. The Hall–Kier alpha value is -1.60. The zero-order valence-corrected chi connectivity index (χ0v) is 9.61. The summed E-state index contributed by atoms with van der Waals surface area (Å²) in [5.41, 5.74) is -0.0342. The number of aromatic carboxylic acids is 1. The first-order valence-corrected chi connectivity index (χ1v) is 6.49. The molecule has 0 heterocycles. The molecular weight excluding hydrogens is 246 g/mol. The van der Waals surface area contributed by atoms with Crippen LogP contribution in [0.25, 0.3) is 0 Å². The number of primary sulfonamides is 1. The monoisotopic (exact) mass is 257 g/mol. The first kappa shape index (κ1) is 11.9. The van der Waals surface area contributed by atoms with Crippen LogP contribution in [-0.4, -0.2) is 25.6 Å². The van der Waals surface area contributed by atoms with Crippen molar-refractivity contribution < 1.29 is 23.1 Å². The van der Waals surface area contributed by atoms with Gasteiger partial charge >= 0.3 is 5.97 Å². The van der Waals surface area contributed by atoms with Crippen molar-refractivity contribution in [2.24, 2.45) is 5.14 Å². The fraction of sp³-hybridized carbons (Fsp3) is 0.300. The van der Waals surface area contributed by atoms with Crippen molar-refractivity contribution in [3.63, 3.8) is 0 Å². The third kappa shape index (κ3) is 2.75. The molecular formula is C10H11NO5S. The number of rotatable bonds is 4. The van der Waals surface area contributed by atoms with E-state index in [0.29, 0.717) is 0 Å². The first-order chi connectivity index (χ1) is 7.88. The van der Waals surface area contributed by atoms with Gasteiger partial charge in [0.05, 0.1) is 11.7 Å². The zero-order chi connectivity index (χ0) is 12.6. The molecule has 0 aliphatic heterocycles. The molecule has 1 saturated carbocycles. The first-order valence-electron chi connectivity index (χ1n) is 4.95. The molecule has 2 rings (SSSR count). The van der Waals surface area contributed by atoms with E-state index in [4.69, 9.17) is 15.0 Å². The smallest absolute Gasteiger partial charge is 0.335 e. The summed E-state index contributed by atoms with van der Waals surface area (Å²) in [6.45, 7) is 0. The van der Waals surface area contributed by atoms with Gasteiger partial charge in [-0.2, -0.15) is 0 Å². The number of benzene rings is 1. The van der Waals surface area contributed by atoms with Crippen molar-refractivity contribution in [3.05, 3.63) is 23.8 Å². The van der Waals surface area contributed by atoms with Gasteiger partial charge in [0.15, 0.2) is 0 Å². The van der Waals surface area contributed by atoms with Crippen LogP contribution >= 0.6 is 0 Å². The predicted octanol–water partition coefficient (Wildman–Crippen LogP) is 0.573. The van der Waals surface area contributed by atoms with Gasteiger partial charge < -0.3 is 9.84 Å². The quantitative estimate of drug-likeness (QED) is 0.820. The molecule has 0 saturated heterocycles. The molecule has 0 spiro atoms. The number of hydrogen-bond donors (Lipinski definition) is 2. The Morgan fingerprint density at radius 2 is 2.06 bits per heavy atom. The lowest BCUT2D eigenvalue weighted by molar-refractivity contribution is 0.0696. The van der Waals surface area contributed by atoms with Crippen LogP contribution in [0.2, 0.25) is 0 Å². The van der Waals surface area contributed by atoms with E-state index in [-0.39, 0.29) is 22.3 Å². The molecule has 0 amide bonds. The summed E-state index contributed by atoms with van der Waals surface area (Å²) in [4.78, 5) is 10.6. The molecule has 0 aromatic heterocycles. The molecule has 1 aliphatic rings. The Labute approximate surface area is 98.1 Å². The number of carboxylic acid groups (broad SMARTS) is 1. The summed E-state index contributed by atoms with van der Waals surface area (Å²) >= 11 is 0. The Morgan fingerprint density at radius 3 is 2.53 bits per heavy atom. The van der Waals surface area contributed by atoms with Gasteiger partial charge in [-0.05, 0) is 31.0 Å². The van der Waals surface area contributed by atoms with Gasteiger partial charge in [-0.15, -0.1) is 0 Å². The summed E-state index contributed by atoms with van der Waals surface area (Å²) < 4.78 is 27.9. The molecule has 1 aromatic carbocycles. The van der Waals surface area contributed by atoms with Gasteiger partial charge in [-0.3, -0.25) is 0 Å². The second-order valence-corrected chi connectivity index (χ2v) is 5.36. The fourth-order valence-electron chi connectivity index (χ4n) is 1.33. The summed E-state index contributed by atoms with van der Waals surface area (Å²) in [6, 6.07) is 3.51. The third-order valence-corrected chi connectivity index (χ3v) is 3.27. The second-order valence-electron chi connectivity index (χ2n) is 3.83. The van der Waals surface area contributed by atoms with E-state index >= 15 is 0 Å². The normalized spacial score (nSPS) is 15.6. The molecule has 92 valence electrons. The van der Waals surface area contributed by atoms with Crippen molar-refractivity contribution >= 4 is 16.0 Å². The molecule has 0 radical (unpaired) electrons. The standard InChI is InChI=1S/C10H11NO5S/c11-17(14,15)9-4-1-6(10(12)13)5-8(9)16-7-2-3-7/h1,4-5,7H,2-3H2,(H,12,13)(H2,11,14,15). The molecule has 1 fully saturated rings. The minimum Gasteiger partial charge on any atom is -0.489 e. The topological polar surface area (TPSA) is 107 Å². The maximum Gasteiger partial charge on any atom is 0.335 e. The largest absolute Gasteiger partial charge is 0.489 e. The summed E-state index contributed by atoms with van der Waals surface area (Å²) in [5.74, 6) is -1.14. The SMILES string of the molecule is NS(=O)(=O)c1ccc(C(=O)O)cc1OC1CC1. The van der Waals surface area contributed by atoms with Crippen molar-refractivity contribution in [1.29, 1.82) is 0 Å². The van der Waals surface area contributed by atoms with Gasteiger partial charge in [0.25, 0.3) is 0 Å². The van der Waals surface area contributed by atoms with Crippen LogP contribution in [0.3, 0.4) is 0 Å². The molecule has 0 bridgehead atoms. The van der Waals surface area contributed by atoms with Gasteiger partial charge in [0, 0.05) is 0 Å². The van der Waals surface area contributed by atoms with Crippen LogP contribution in [0.1, 0.15) is 23.2 Å². The molecule has 0 atom stereocenters. The van der Waals surface area contributed by atoms with E-state index in [1.807, 2.05) is 0 Å². The Balaban J connectivity index is 2.47. The highest BCUT2D eigenvalue weighted by Gasteiger charge is 2.27. The fourth-order valence-corrected chi connectivity index (χ4v) is 1.98. The highest BCUT2D eigenvalue weighted by atomic mass is 32.2. The van der Waals surface area contributed by atoms with Gasteiger partial charge in [-0.25, -0.2) is 18.4 Å². The van der Waals surface area contributed by atoms with Crippen LogP contribution in [0.15, 0.2) is 23.1 Å². The van der Waals surface area contributed by atoms with Crippen molar-refractivity contribution in [1.82, 2.24) is 0 Å². The number of sulfonamides is 1. The average Bonchev–Trinajstić information content (AvgIpc) is 2.99. The van der Waals surface area contributed by atoms with Crippen LogP contribution in [0.4, 0.5) is 0 Å². The minimum atomic E-state index is -3.91. The number of carbonyl (C=O) groups is 1. The zero-order valence-electron chi connectivity index (χ0n) is 8.79. The van der Waals surface area contributed by atoms with Crippen LogP contribution in [0.5, 0.6) is 5.75 Å². The Morgan fingerprint density at radius 1 is 1.41 bits per heavy atom. The van der Waals surface area contributed by atoms with Crippen LogP contribution < -0.4 is 9.88 Å². The van der Waals surface area contributed by atoms with Crippen molar-refractivity contribution in [2.75, 3.05) is 0 Å². The molecule has 1 aliphatic carbocycles. The highest BCUT2D eigenvalue weighted by Crippen LogP contribution is 2.31. The third-order valence-electron chi connectivity index (χ3n) is 2.32. The highest BCUT2D eigenvalue weighted by molar-refractivity contribution is 7.89. The van der Waals surface area contributed by atoms with Crippen LogP contribution in [0, 0.1) is 0 Å². The van der Waals surface area contributed by atoms with Gasteiger partial charge in [0.1, 0.15) is 10.6 Å². The summed E-state index contributed by atoms with van der Waals surface area (Å²) in [6.07, 6.45) is 1.63. The van der Waals surface area contributed by atoms with E-state index in [2.05, 4.69) is 0 Å². The lowest BCUT2D eigenvalue weighted by atomic mass is 10.2. The number of ether oxygens (including phenoxy) is 1. The number of hydrogen-bond acceptors (Lipinski definition) is 4. The lowest BCUT2D eigenvalue weighted by Gasteiger charge is -2.10. The van der Waals surface area contributed by atoms with Gasteiger partial charge in [0.2, 0.25) is 10.0 Å². The predicted molar refractivity (Wildman–Crippen MR) is 58.4 cm³/mol. The van der Waals surface area contributed by atoms with Crippen molar-refractivity contribution in [3.8, 4) is 5.75 Å². The maximum absolute atomic E-state index is 11.3. The lowest BCUT2D eigenvalue weighted by Crippen LogP contribution is -2.15. The Bertz CT molecular complexity index is 562. The molecule has 0 unspecified atom stereocenters. The number of nitrogens with two attached hydrogens (primary N) is 1. The van der Waals surface area contributed by atoms with E-state index in [0.717, 1.165) is 18.9 Å². The average molecular weight is 257 g/mol. The minimum absolute atomic E-state index is 0.00917. The molecule has 6 nitrogen and oxygen atoms in total. The maximum atomic E-state index is 11.3. The van der Waals surface area contributed by atoms with Crippen molar-refractivity contribution in [2.45, 2.75) is 23.8 Å². The second kappa shape index (κ2) is 4.01. The van der Waals surface area contributed by atoms with Crippen LogP contribution in [-0.2, 0) is 10.0 Å². The molecule has 1 aromatic rings. The van der Waals surface area contributed by atoms with E-state index < -0.39 is 16.0 Å². The van der Waals surface area contributed by atoms with E-state index in [1.165, 1.54) is 12.1 Å². The molecule has 7 heteroatoms. The Kier molecular flexibility index (Phi) is 2.80. The summed E-state index contributed by atoms with van der Waals surface area (Å²) in [7, 11) is -3.91. The van der Waals surface area contributed by atoms with E-state index in [1.54, 1.807) is 0 Å². The van der Waals surface area contributed by atoms with E-state index in [9.17, 15) is 13.2 Å². The van der Waals surface area contributed by atoms with Gasteiger partial charge in [-0.1, -0.05) is 0 Å².